The average Bonchev–Trinajstić information content (AvgIpc) is 2.83. The fourth-order valence-electron chi connectivity index (χ4n) is 2.38. The maximum atomic E-state index is 13.3. The molecule has 0 fully saturated rings. The van der Waals surface area contributed by atoms with Crippen LogP contribution in [0.2, 0.25) is 0 Å². The molecule has 0 radical (unpaired) electrons. The van der Waals surface area contributed by atoms with Gasteiger partial charge in [-0.3, -0.25) is 4.79 Å². The summed E-state index contributed by atoms with van der Waals surface area (Å²) in [5.74, 6) is -0.263. The number of aliphatic imine (C=N–C) groups is 1. The highest BCUT2D eigenvalue weighted by Gasteiger charge is 2.21. The van der Waals surface area contributed by atoms with Gasteiger partial charge in [0.1, 0.15) is 17.3 Å². The minimum atomic E-state index is -0.360. The van der Waals surface area contributed by atoms with Gasteiger partial charge in [0.25, 0.3) is 5.91 Å². The van der Waals surface area contributed by atoms with Gasteiger partial charge in [-0.2, -0.15) is 0 Å². The van der Waals surface area contributed by atoms with Crippen LogP contribution in [-0.4, -0.2) is 11.7 Å². The van der Waals surface area contributed by atoms with Crippen molar-refractivity contribution in [2.45, 2.75) is 13.8 Å². The van der Waals surface area contributed by atoms with E-state index in [0.29, 0.717) is 17.1 Å². The van der Waals surface area contributed by atoms with Gasteiger partial charge < -0.3 is 5.32 Å². The molecule has 0 saturated heterocycles. The number of hydrogen-bond acceptors (Lipinski definition) is 2. The summed E-state index contributed by atoms with van der Waals surface area (Å²) in [6, 6.07) is 12.0. The van der Waals surface area contributed by atoms with Crippen molar-refractivity contribution in [2.75, 3.05) is 0 Å². The molecular weight excluding hydrogens is 279 g/mol. The quantitative estimate of drug-likeness (QED) is 0.848. The summed E-state index contributed by atoms with van der Waals surface area (Å²) in [6.45, 7) is 4.01. The van der Waals surface area contributed by atoms with Crippen LogP contribution in [-0.2, 0) is 4.79 Å². The van der Waals surface area contributed by atoms with Gasteiger partial charge in [0, 0.05) is 5.56 Å². The average molecular weight is 294 g/mol. The molecule has 3 rings (SSSR count). The first kappa shape index (κ1) is 14.2. The van der Waals surface area contributed by atoms with E-state index in [9.17, 15) is 9.18 Å². The van der Waals surface area contributed by atoms with E-state index in [2.05, 4.69) is 16.4 Å². The van der Waals surface area contributed by atoms with Crippen LogP contribution in [0.4, 0.5) is 4.39 Å². The Hall–Kier alpha value is -2.75. The van der Waals surface area contributed by atoms with Crippen molar-refractivity contribution in [3.63, 3.8) is 0 Å². The summed E-state index contributed by atoms with van der Waals surface area (Å²) >= 11 is 0. The maximum Gasteiger partial charge on any atom is 0.275 e. The number of benzene rings is 2. The van der Waals surface area contributed by atoms with Crippen LogP contribution in [0.25, 0.3) is 6.08 Å². The molecular formula is C18H15FN2O. The Morgan fingerprint density at radius 2 is 1.95 bits per heavy atom. The molecule has 0 unspecified atom stereocenters. The molecule has 0 bridgehead atoms. The summed E-state index contributed by atoms with van der Waals surface area (Å²) in [4.78, 5) is 16.3. The van der Waals surface area contributed by atoms with E-state index in [1.165, 1.54) is 17.7 Å². The summed E-state index contributed by atoms with van der Waals surface area (Å²) < 4.78 is 13.3. The summed E-state index contributed by atoms with van der Waals surface area (Å²) in [6.07, 6.45) is 1.75. The highest BCUT2D eigenvalue weighted by atomic mass is 19.1. The number of hydrogen-bond donors (Lipinski definition) is 1. The van der Waals surface area contributed by atoms with Gasteiger partial charge in [0.2, 0.25) is 0 Å². The third-order valence-electron chi connectivity index (χ3n) is 3.51. The Balaban J connectivity index is 1.97. The van der Waals surface area contributed by atoms with E-state index in [4.69, 9.17) is 0 Å². The number of halogens is 1. The van der Waals surface area contributed by atoms with Gasteiger partial charge in [0.05, 0.1) is 0 Å². The second-order valence-electron chi connectivity index (χ2n) is 5.31. The fraction of sp³-hybridized carbons (Fsp3) is 0.111. The Bertz CT molecular complexity index is 822. The zero-order chi connectivity index (χ0) is 15.7. The lowest BCUT2D eigenvalue weighted by molar-refractivity contribution is -0.115. The molecule has 2 aromatic carbocycles. The SMILES string of the molecule is Cc1ccc(/C=C2\N=C(c3cccc(F)c3)NC2=O)c(C)c1. The first-order valence-electron chi connectivity index (χ1n) is 6.98. The molecule has 22 heavy (non-hydrogen) atoms. The normalized spacial score (nSPS) is 15.9. The monoisotopic (exact) mass is 294 g/mol. The molecule has 110 valence electrons. The number of nitrogens with one attached hydrogen (secondary N) is 1. The maximum absolute atomic E-state index is 13.3. The van der Waals surface area contributed by atoms with Crippen LogP contribution in [0.5, 0.6) is 0 Å². The molecule has 3 nitrogen and oxygen atoms in total. The predicted molar refractivity (Wildman–Crippen MR) is 85.0 cm³/mol. The molecule has 1 aliphatic heterocycles. The largest absolute Gasteiger partial charge is 0.305 e. The first-order valence-corrected chi connectivity index (χ1v) is 6.98. The van der Waals surface area contributed by atoms with Crippen molar-refractivity contribution >= 4 is 17.8 Å². The molecule has 0 atom stereocenters. The molecule has 0 aliphatic carbocycles. The topological polar surface area (TPSA) is 41.5 Å². The van der Waals surface area contributed by atoms with E-state index in [0.717, 1.165) is 11.1 Å². The Morgan fingerprint density at radius 1 is 1.14 bits per heavy atom. The van der Waals surface area contributed by atoms with Crippen molar-refractivity contribution in [1.82, 2.24) is 5.32 Å². The number of nitrogens with zero attached hydrogens (tertiary/aromatic N) is 1. The highest BCUT2D eigenvalue weighted by Crippen LogP contribution is 2.18. The number of carbonyl (C=O) groups is 1. The van der Waals surface area contributed by atoms with Crippen molar-refractivity contribution in [3.8, 4) is 0 Å². The standard InChI is InChI=1S/C18H15FN2O/c1-11-6-7-13(12(2)8-11)10-16-18(22)21-17(20-16)14-4-3-5-15(19)9-14/h3-10H,1-2H3,(H,20,21,22)/b16-10-. The van der Waals surface area contributed by atoms with Crippen molar-refractivity contribution in [3.05, 3.63) is 76.2 Å². The molecule has 1 heterocycles. The Labute approximate surface area is 128 Å². The zero-order valence-electron chi connectivity index (χ0n) is 12.4. The molecule has 0 saturated carbocycles. The van der Waals surface area contributed by atoms with Crippen LogP contribution in [0.1, 0.15) is 22.3 Å². The number of aryl methyl sites for hydroxylation is 2. The molecule has 1 aliphatic rings. The third kappa shape index (κ3) is 2.81. The summed E-state index contributed by atoms with van der Waals surface area (Å²) in [7, 11) is 0. The van der Waals surface area contributed by atoms with Crippen LogP contribution in [0, 0.1) is 19.7 Å². The van der Waals surface area contributed by atoms with Gasteiger partial charge in [-0.05, 0) is 43.2 Å². The van der Waals surface area contributed by atoms with E-state index < -0.39 is 0 Å². The number of carbonyl (C=O) groups excluding carboxylic acids is 1. The lowest BCUT2D eigenvalue weighted by Crippen LogP contribution is -2.24. The van der Waals surface area contributed by atoms with Crippen LogP contribution < -0.4 is 5.32 Å². The van der Waals surface area contributed by atoms with Gasteiger partial charge in [-0.25, -0.2) is 9.38 Å². The van der Waals surface area contributed by atoms with E-state index in [1.807, 2.05) is 26.0 Å². The van der Waals surface area contributed by atoms with Crippen molar-refractivity contribution < 1.29 is 9.18 Å². The number of rotatable bonds is 2. The van der Waals surface area contributed by atoms with Crippen molar-refractivity contribution in [2.24, 2.45) is 4.99 Å². The van der Waals surface area contributed by atoms with E-state index in [1.54, 1.807) is 18.2 Å². The number of amidine groups is 1. The number of amides is 1. The van der Waals surface area contributed by atoms with Gasteiger partial charge in [0.15, 0.2) is 0 Å². The predicted octanol–water partition coefficient (Wildman–Crippen LogP) is 3.36. The minimum absolute atomic E-state index is 0.278. The van der Waals surface area contributed by atoms with Crippen LogP contribution in [0.3, 0.4) is 0 Å². The molecule has 1 amide bonds. The third-order valence-corrected chi connectivity index (χ3v) is 3.51. The zero-order valence-corrected chi connectivity index (χ0v) is 12.4. The van der Waals surface area contributed by atoms with Crippen molar-refractivity contribution in [1.29, 1.82) is 0 Å². The lowest BCUT2D eigenvalue weighted by Gasteiger charge is -2.01. The lowest BCUT2D eigenvalue weighted by atomic mass is 10.0. The van der Waals surface area contributed by atoms with Crippen LogP contribution in [0.15, 0.2) is 53.2 Å². The summed E-state index contributed by atoms with van der Waals surface area (Å²) in [5, 5.41) is 2.67. The second-order valence-corrected chi connectivity index (χ2v) is 5.31. The molecule has 0 spiro atoms. The smallest absolute Gasteiger partial charge is 0.275 e. The van der Waals surface area contributed by atoms with Gasteiger partial charge in [-0.1, -0.05) is 35.9 Å². The Morgan fingerprint density at radius 3 is 2.68 bits per heavy atom. The fourth-order valence-corrected chi connectivity index (χ4v) is 2.38. The summed E-state index contributed by atoms with van der Waals surface area (Å²) in [5.41, 5.74) is 4.07. The molecule has 0 aromatic heterocycles. The van der Waals surface area contributed by atoms with Crippen LogP contribution >= 0.6 is 0 Å². The molecule has 2 aromatic rings. The first-order chi connectivity index (χ1) is 10.5. The van der Waals surface area contributed by atoms with E-state index >= 15 is 0 Å². The van der Waals surface area contributed by atoms with Gasteiger partial charge in [-0.15, -0.1) is 0 Å². The second kappa shape index (κ2) is 5.56. The van der Waals surface area contributed by atoms with Gasteiger partial charge >= 0.3 is 0 Å². The van der Waals surface area contributed by atoms with E-state index in [-0.39, 0.29) is 11.7 Å². The Kier molecular flexibility index (Phi) is 3.59. The minimum Gasteiger partial charge on any atom is -0.305 e. The molecule has 1 N–H and O–H groups in total. The highest BCUT2D eigenvalue weighted by molar-refractivity contribution is 6.19. The molecule has 4 heteroatoms.